The molecule has 0 spiro atoms. The lowest BCUT2D eigenvalue weighted by Crippen LogP contribution is -2.31. The Hall–Kier alpha value is -2.23. The number of nitrogen functional groups attached to an aromatic ring is 1. The van der Waals surface area contributed by atoms with Gasteiger partial charge in [-0.25, -0.2) is 0 Å². The fourth-order valence-corrected chi connectivity index (χ4v) is 1.95. The summed E-state index contributed by atoms with van der Waals surface area (Å²) >= 11 is 0. The number of carbonyl (C=O) groups excluding carboxylic acids is 1. The highest BCUT2D eigenvalue weighted by atomic mass is 16.2. The van der Waals surface area contributed by atoms with Crippen molar-refractivity contribution in [3.05, 3.63) is 42.6 Å². The fraction of sp³-hybridized carbons (Fsp3) is 0.214. The number of aromatic nitrogens is 1. The van der Waals surface area contributed by atoms with Gasteiger partial charge in [0.15, 0.2) is 0 Å². The lowest BCUT2D eigenvalue weighted by atomic mass is 10.2. The minimum absolute atomic E-state index is 0.0211. The number of nitrogens with two attached hydrogens (primary N) is 1. The molecule has 0 aliphatic rings. The molecule has 0 saturated carbocycles. The molecule has 1 amide bonds. The van der Waals surface area contributed by atoms with Crippen LogP contribution in [0.15, 0.2) is 36.9 Å². The van der Waals surface area contributed by atoms with E-state index in [-0.39, 0.29) is 5.91 Å². The number of H-pyrrole nitrogens is 1. The Labute approximate surface area is 106 Å². The topological polar surface area (TPSA) is 62.1 Å². The van der Waals surface area contributed by atoms with Crippen LogP contribution in [-0.4, -0.2) is 28.9 Å². The summed E-state index contributed by atoms with van der Waals surface area (Å²) in [4.78, 5) is 17.1. The van der Waals surface area contributed by atoms with Crippen LogP contribution in [0.25, 0.3) is 10.9 Å². The first kappa shape index (κ1) is 12.2. The van der Waals surface area contributed by atoms with Gasteiger partial charge in [0.05, 0.1) is 0 Å². The van der Waals surface area contributed by atoms with Crippen LogP contribution < -0.4 is 5.73 Å². The maximum absolute atomic E-state index is 12.2. The molecule has 0 saturated heterocycles. The Kier molecular flexibility index (Phi) is 3.37. The van der Waals surface area contributed by atoms with Crippen molar-refractivity contribution in [2.75, 3.05) is 18.8 Å². The predicted octanol–water partition coefficient (Wildman–Crippen LogP) is 2.40. The second-order valence-corrected chi connectivity index (χ2v) is 4.16. The zero-order valence-electron chi connectivity index (χ0n) is 10.4. The monoisotopic (exact) mass is 243 g/mol. The van der Waals surface area contributed by atoms with Crippen LogP contribution in [0.3, 0.4) is 0 Å². The van der Waals surface area contributed by atoms with Gasteiger partial charge in [0, 0.05) is 29.7 Å². The number of anilines is 1. The van der Waals surface area contributed by atoms with E-state index in [9.17, 15) is 4.79 Å². The number of benzene rings is 1. The first-order valence-electron chi connectivity index (χ1n) is 5.94. The van der Waals surface area contributed by atoms with E-state index in [1.165, 1.54) is 0 Å². The van der Waals surface area contributed by atoms with Crippen molar-refractivity contribution in [2.45, 2.75) is 6.92 Å². The minimum atomic E-state index is -0.0211. The summed E-state index contributed by atoms with van der Waals surface area (Å²) in [5.74, 6) is -0.0211. The molecule has 4 nitrogen and oxygen atoms in total. The number of amides is 1. The summed E-state index contributed by atoms with van der Waals surface area (Å²) in [6, 6.07) is 7.38. The molecular formula is C14H17N3O. The normalized spacial score (nSPS) is 10.5. The van der Waals surface area contributed by atoms with Crippen molar-refractivity contribution in [2.24, 2.45) is 0 Å². The number of nitrogens with zero attached hydrogens (tertiary/aromatic N) is 1. The summed E-state index contributed by atoms with van der Waals surface area (Å²) in [5, 5.41) is 0.952. The van der Waals surface area contributed by atoms with Crippen LogP contribution in [0.2, 0.25) is 0 Å². The molecule has 2 aromatic rings. The third kappa shape index (κ3) is 2.22. The molecule has 0 atom stereocenters. The van der Waals surface area contributed by atoms with E-state index in [4.69, 9.17) is 5.73 Å². The molecule has 1 aromatic carbocycles. The van der Waals surface area contributed by atoms with E-state index in [1.807, 2.05) is 31.2 Å². The third-order valence-corrected chi connectivity index (χ3v) is 2.89. The summed E-state index contributed by atoms with van der Waals surface area (Å²) in [5.41, 5.74) is 7.92. The lowest BCUT2D eigenvalue weighted by Gasteiger charge is -2.17. The SMILES string of the molecule is C=CCN(CC)C(=O)c1cc2cc(N)ccc2[nH]1. The molecule has 1 heterocycles. The molecule has 0 radical (unpaired) electrons. The Morgan fingerprint density at radius 3 is 2.94 bits per heavy atom. The van der Waals surface area contributed by atoms with Gasteiger partial charge in [-0.2, -0.15) is 0 Å². The molecule has 0 bridgehead atoms. The van der Waals surface area contributed by atoms with Gasteiger partial charge < -0.3 is 15.6 Å². The number of carbonyl (C=O) groups is 1. The van der Waals surface area contributed by atoms with E-state index in [0.29, 0.717) is 24.5 Å². The number of nitrogens with one attached hydrogen (secondary N) is 1. The number of aromatic amines is 1. The van der Waals surface area contributed by atoms with Crippen molar-refractivity contribution >= 4 is 22.5 Å². The van der Waals surface area contributed by atoms with E-state index < -0.39 is 0 Å². The van der Waals surface area contributed by atoms with Crippen LogP contribution in [0.1, 0.15) is 17.4 Å². The predicted molar refractivity (Wildman–Crippen MR) is 74.5 cm³/mol. The van der Waals surface area contributed by atoms with E-state index in [0.717, 1.165) is 10.9 Å². The highest BCUT2D eigenvalue weighted by molar-refractivity contribution is 5.98. The number of fused-ring (bicyclic) bond motifs is 1. The number of hydrogen-bond donors (Lipinski definition) is 2. The molecule has 18 heavy (non-hydrogen) atoms. The number of hydrogen-bond acceptors (Lipinski definition) is 2. The van der Waals surface area contributed by atoms with E-state index in [1.54, 1.807) is 11.0 Å². The molecule has 4 heteroatoms. The highest BCUT2D eigenvalue weighted by Crippen LogP contribution is 2.19. The first-order valence-corrected chi connectivity index (χ1v) is 5.94. The van der Waals surface area contributed by atoms with Crippen molar-refractivity contribution in [1.29, 1.82) is 0 Å². The first-order chi connectivity index (χ1) is 8.65. The quantitative estimate of drug-likeness (QED) is 0.639. The summed E-state index contributed by atoms with van der Waals surface area (Å²) in [7, 11) is 0. The van der Waals surface area contributed by atoms with Crippen molar-refractivity contribution in [3.8, 4) is 0 Å². The van der Waals surface area contributed by atoms with Crippen LogP contribution in [0.5, 0.6) is 0 Å². The molecule has 0 fully saturated rings. The van der Waals surface area contributed by atoms with Gasteiger partial charge in [-0.1, -0.05) is 6.08 Å². The van der Waals surface area contributed by atoms with Crippen molar-refractivity contribution < 1.29 is 4.79 Å². The smallest absolute Gasteiger partial charge is 0.270 e. The largest absolute Gasteiger partial charge is 0.399 e. The van der Waals surface area contributed by atoms with Crippen LogP contribution in [0, 0.1) is 0 Å². The molecule has 3 N–H and O–H groups in total. The molecule has 1 aromatic heterocycles. The maximum atomic E-state index is 12.2. The van der Waals surface area contributed by atoms with E-state index in [2.05, 4.69) is 11.6 Å². The van der Waals surface area contributed by atoms with Gasteiger partial charge in [0.2, 0.25) is 0 Å². The Morgan fingerprint density at radius 1 is 1.50 bits per heavy atom. The average Bonchev–Trinajstić information content (AvgIpc) is 2.77. The fourth-order valence-electron chi connectivity index (χ4n) is 1.95. The van der Waals surface area contributed by atoms with Gasteiger partial charge in [0.25, 0.3) is 5.91 Å². The maximum Gasteiger partial charge on any atom is 0.270 e. The Morgan fingerprint density at radius 2 is 2.28 bits per heavy atom. The lowest BCUT2D eigenvalue weighted by molar-refractivity contribution is 0.0777. The molecular weight excluding hydrogens is 226 g/mol. The molecule has 0 unspecified atom stereocenters. The molecule has 2 rings (SSSR count). The van der Waals surface area contributed by atoms with Gasteiger partial charge in [-0.15, -0.1) is 6.58 Å². The van der Waals surface area contributed by atoms with Gasteiger partial charge in [0.1, 0.15) is 5.69 Å². The van der Waals surface area contributed by atoms with Crippen LogP contribution >= 0.6 is 0 Å². The van der Waals surface area contributed by atoms with Crippen molar-refractivity contribution in [1.82, 2.24) is 9.88 Å². The average molecular weight is 243 g/mol. The van der Waals surface area contributed by atoms with Gasteiger partial charge >= 0.3 is 0 Å². The van der Waals surface area contributed by atoms with Crippen molar-refractivity contribution in [3.63, 3.8) is 0 Å². The Balaban J connectivity index is 2.35. The zero-order chi connectivity index (χ0) is 13.1. The standard InChI is InChI=1S/C14H17N3O/c1-3-7-17(4-2)14(18)13-9-10-8-11(15)5-6-12(10)16-13/h3,5-6,8-9,16H,1,4,7,15H2,2H3. The van der Waals surface area contributed by atoms with Gasteiger partial charge in [-0.3, -0.25) is 4.79 Å². The molecule has 0 aliphatic carbocycles. The third-order valence-electron chi connectivity index (χ3n) is 2.89. The summed E-state index contributed by atoms with van der Waals surface area (Å²) in [6.45, 7) is 6.81. The van der Waals surface area contributed by atoms with Crippen LogP contribution in [0.4, 0.5) is 5.69 Å². The zero-order valence-corrected chi connectivity index (χ0v) is 10.4. The number of rotatable bonds is 4. The second kappa shape index (κ2) is 4.96. The second-order valence-electron chi connectivity index (χ2n) is 4.16. The Bertz CT molecular complexity index is 586. The number of likely N-dealkylation sites (N-methyl/N-ethyl adjacent to an activating group) is 1. The minimum Gasteiger partial charge on any atom is -0.399 e. The van der Waals surface area contributed by atoms with Crippen LogP contribution in [-0.2, 0) is 0 Å². The molecule has 0 aliphatic heterocycles. The van der Waals surface area contributed by atoms with Gasteiger partial charge in [-0.05, 0) is 31.2 Å². The highest BCUT2D eigenvalue weighted by Gasteiger charge is 2.15. The summed E-state index contributed by atoms with van der Waals surface area (Å²) in [6.07, 6.45) is 1.72. The molecule has 94 valence electrons. The van der Waals surface area contributed by atoms with E-state index >= 15 is 0 Å². The summed E-state index contributed by atoms with van der Waals surface area (Å²) < 4.78 is 0.